The fourth-order valence-corrected chi connectivity index (χ4v) is 4.02. The minimum Gasteiger partial charge on any atom is -0.478 e. The Morgan fingerprint density at radius 1 is 1.20 bits per heavy atom. The zero-order valence-corrected chi connectivity index (χ0v) is 20.2. The number of rotatable bonds is 7. The Morgan fingerprint density at radius 3 is 2.20 bits per heavy atom. The number of carboxylic acid groups (broad SMARTS) is 1. The monoisotopic (exact) mass is 423 g/mol. The van der Waals surface area contributed by atoms with Crippen molar-refractivity contribution in [3.8, 4) is 0 Å². The summed E-state index contributed by atoms with van der Waals surface area (Å²) in [6.45, 7) is 14.3. The highest BCUT2D eigenvalue weighted by Gasteiger charge is 2.39. The van der Waals surface area contributed by atoms with Crippen LogP contribution >= 0.6 is 0 Å². The zero-order valence-electron chi connectivity index (χ0n) is 20.2. The van der Waals surface area contributed by atoms with Crippen LogP contribution in [0.25, 0.3) is 0 Å². The number of hydrogen-bond acceptors (Lipinski definition) is 4. The second-order valence-corrected chi connectivity index (χ2v) is 10.3. The number of likely N-dealkylation sites (N-methyl/N-ethyl adjacent to an activating group) is 2. The first kappa shape index (κ1) is 26.1. The number of nitrogens with one attached hydrogen (secondary N) is 1. The normalized spacial score (nSPS) is 23.1. The summed E-state index contributed by atoms with van der Waals surface area (Å²) in [5, 5.41) is 12.3. The van der Waals surface area contributed by atoms with Gasteiger partial charge in [-0.3, -0.25) is 14.5 Å². The molecule has 1 saturated heterocycles. The van der Waals surface area contributed by atoms with Crippen LogP contribution in [0.4, 0.5) is 0 Å². The summed E-state index contributed by atoms with van der Waals surface area (Å²) < 4.78 is 0. The van der Waals surface area contributed by atoms with E-state index in [9.17, 15) is 19.5 Å². The van der Waals surface area contributed by atoms with Gasteiger partial charge in [-0.1, -0.05) is 47.6 Å². The first-order chi connectivity index (χ1) is 13.7. The molecule has 0 saturated carbocycles. The molecule has 0 spiro atoms. The highest BCUT2D eigenvalue weighted by Crippen LogP contribution is 2.25. The van der Waals surface area contributed by atoms with E-state index >= 15 is 0 Å². The lowest BCUT2D eigenvalue weighted by Gasteiger charge is -2.40. The number of nitrogens with zero attached hydrogens (tertiary/aromatic N) is 2. The van der Waals surface area contributed by atoms with Crippen molar-refractivity contribution in [2.75, 3.05) is 20.6 Å². The molecule has 4 atom stereocenters. The van der Waals surface area contributed by atoms with Gasteiger partial charge in [0.15, 0.2) is 0 Å². The third-order valence-corrected chi connectivity index (χ3v) is 6.00. The van der Waals surface area contributed by atoms with Crippen molar-refractivity contribution in [3.63, 3.8) is 0 Å². The van der Waals surface area contributed by atoms with Crippen LogP contribution in [0, 0.1) is 17.3 Å². The summed E-state index contributed by atoms with van der Waals surface area (Å²) in [6, 6.07) is -1.32. The van der Waals surface area contributed by atoms with E-state index in [1.807, 2.05) is 41.7 Å². The summed E-state index contributed by atoms with van der Waals surface area (Å²) in [5.74, 6) is -0.756. The van der Waals surface area contributed by atoms with Crippen LogP contribution in [0.3, 0.4) is 0 Å². The Morgan fingerprint density at radius 2 is 1.77 bits per heavy atom. The second kappa shape index (κ2) is 10.4. The van der Waals surface area contributed by atoms with Crippen LogP contribution in [0.2, 0.25) is 0 Å². The first-order valence-corrected chi connectivity index (χ1v) is 10.9. The van der Waals surface area contributed by atoms with E-state index in [4.69, 9.17) is 0 Å². The smallest absolute Gasteiger partial charge is 0.331 e. The molecule has 0 aliphatic carbocycles. The van der Waals surface area contributed by atoms with E-state index in [0.717, 1.165) is 19.4 Å². The SMILES string of the molecule is C/C(=C\[C@H](C(C)C)N(C)C(=O)[C@@H](NC(=O)C1CCC(C)CN1C)C(C)(C)C)C(=O)O. The highest BCUT2D eigenvalue weighted by molar-refractivity contribution is 5.91. The van der Waals surface area contributed by atoms with Gasteiger partial charge in [0, 0.05) is 19.2 Å². The Hall–Kier alpha value is -1.89. The van der Waals surface area contributed by atoms with Gasteiger partial charge in [-0.15, -0.1) is 0 Å². The fraction of sp³-hybridized carbons (Fsp3) is 0.783. The molecule has 0 radical (unpaired) electrons. The Kier molecular flexibility index (Phi) is 9.08. The van der Waals surface area contributed by atoms with Crippen LogP contribution in [0.15, 0.2) is 11.6 Å². The van der Waals surface area contributed by atoms with E-state index in [-0.39, 0.29) is 35.4 Å². The van der Waals surface area contributed by atoms with E-state index in [0.29, 0.717) is 5.92 Å². The van der Waals surface area contributed by atoms with Crippen molar-refractivity contribution >= 4 is 17.8 Å². The van der Waals surface area contributed by atoms with Gasteiger partial charge in [-0.2, -0.15) is 0 Å². The van der Waals surface area contributed by atoms with Crippen LogP contribution in [-0.2, 0) is 14.4 Å². The maximum absolute atomic E-state index is 13.5. The van der Waals surface area contributed by atoms with Crippen molar-refractivity contribution in [1.82, 2.24) is 15.1 Å². The molecule has 1 heterocycles. The molecule has 0 aromatic heterocycles. The molecule has 1 aliphatic rings. The summed E-state index contributed by atoms with van der Waals surface area (Å²) in [7, 11) is 3.63. The largest absolute Gasteiger partial charge is 0.478 e. The van der Waals surface area contributed by atoms with E-state index in [1.165, 1.54) is 6.92 Å². The summed E-state index contributed by atoms with van der Waals surface area (Å²) >= 11 is 0. The van der Waals surface area contributed by atoms with Gasteiger partial charge in [0.2, 0.25) is 11.8 Å². The fourth-order valence-electron chi connectivity index (χ4n) is 4.02. The van der Waals surface area contributed by atoms with Crippen molar-refractivity contribution in [1.29, 1.82) is 0 Å². The molecule has 2 unspecified atom stereocenters. The molecule has 30 heavy (non-hydrogen) atoms. The third-order valence-electron chi connectivity index (χ3n) is 6.00. The number of aliphatic carboxylic acids is 1. The number of carbonyl (C=O) groups is 3. The topological polar surface area (TPSA) is 90.0 Å². The Labute approximate surface area is 181 Å². The first-order valence-electron chi connectivity index (χ1n) is 10.9. The number of piperidine rings is 1. The molecule has 0 aromatic carbocycles. The molecule has 1 rings (SSSR count). The van der Waals surface area contributed by atoms with Crippen LogP contribution in [0.1, 0.15) is 61.3 Å². The maximum atomic E-state index is 13.5. The molecule has 7 heteroatoms. The van der Waals surface area contributed by atoms with Crippen LogP contribution < -0.4 is 5.32 Å². The lowest BCUT2D eigenvalue weighted by atomic mass is 9.84. The predicted molar refractivity (Wildman–Crippen MR) is 119 cm³/mol. The number of carbonyl (C=O) groups excluding carboxylic acids is 2. The van der Waals surface area contributed by atoms with E-state index < -0.39 is 17.4 Å². The summed E-state index contributed by atoms with van der Waals surface area (Å²) in [6.07, 6.45) is 3.38. The summed E-state index contributed by atoms with van der Waals surface area (Å²) in [4.78, 5) is 41.4. The standard InChI is InChI=1S/C23H41N3O4/c1-14(2)18(12-16(4)22(29)30)26(9)21(28)19(23(5,6)7)24-20(27)17-11-10-15(3)13-25(17)8/h12,14-15,17-19H,10-11,13H2,1-9H3,(H,24,27)(H,29,30)/b16-12+/t15?,17?,18-,19-/m1/s1. The molecule has 7 nitrogen and oxygen atoms in total. The zero-order chi connectivity index (χ0) is 23.4. The minimum atomic E-state index is -1.00. The van der Waals surface area contributed by atoms with Gasteiger partial charge in [-0.25, -0.2) is 4.79 Å². The lowest BCUT2D eigenvalue weighted by Crippen LogP contribution is -2.60. The van der Waals surface area contributed by atoms with Crippen molar-refractivity contribution in [3.05, 3.63) is 11.6 Å². The van der Waals surface area contributed by atoms with Gasteiger partial charge in [-0.05, 0) is 44.1 Å². The molecule has 0 aromatic rings. The Bertz CT molecular complexity index is 666. The third kappa shape index (κ3) is 6.83. The van der Waals surface area contributed by atoms with Gasteiger partial charge in [0.25, 0.3) is 0 Å². The average molecular weight is 424 g/mol. The molecule has 1 aliphatic heterocycles. The van der Waals surface area contributed by atoms with Gasteiger partial charge in [0.1, 0.15) is 6.04 Å². The molecule has 2 N–H and O–H groups in total. The van der Waals surface area contributed by atoms with E-state index in [2.05, 4.69) is 17.1 Å². The van der Waals surface area contributed by atoms with Gasteiger partial charge < -0.3 is 15.3 Å². The minimum absolute atomic E-state index is 0.0236. The van der Waals surface area contributed by atoms with Crippen LogP contribution in [0.5, 0.6) is 0 Å². The second-order valence-electron chi connectivity index (χ2n) is 10.3. The quantitative estimate of drug-likeness (QED) is 0.615. The van der Waals surface area contributed by atoms with Gasteiger partial charge >= 0.3 is 5.97 Å². The lowest BCUT2D eigenvalue weighted by molar-refractivity contribution is -0.141. The van der Waals surface area contributed by atoms with Crippen LogP contribution in [-0.4, -0.2) is 71.5 Å². The maximum Gasteiger partial charge on any atom is 0.331 e. The average Bonchev–Trinajstić information content (AvgIpc) is 2.61. The number of carboxylic acids is 1. The number of hydrogen-bond donors (Lipinski definition) is 2. The highest BCUT2D eigenvalue weighted by atomic mass is 16.4. The molecule has 2 amide bonds. The van der Waals surface area contributed by atoms with Crippen molar-refractivity contribution < 1.29 is 19.5 Å². The Balaban J connectivity index is 3.09. The molecular weight excluding hydrogens is 382 g/mol. The molecular formula is C23H41N3O4. The van der Waals surface area contributed by atoms with Crippen molar-refractivity contribution in [2.24, 2.45) is 17.3 Å². The molecule has 0 bridgehead atoms. The summed E-state index contributed by atoms with van der Waals surface area (Å²) in [5.41, 5.74) is -0.295. The van der Waals surface area contributed by atoms with E-state index in [1.54, 1.807) is 18.0 Å². The molecule has 172 valence electrons. The predicted octanol–water partition coefficient (Wildman–Crippen LogP) is 2.76. The number of amides is 2. The number of likely N-dealkylation sites (tertiary alicyclic amines) is 1. The molecule has 1 fully saturated rings. The van der Waals surface area contributed by atoms with Gasteiger partial charge in [0.05, 0.1) is 12.1 Å². The van der Waals surface area contributed by atoms with Crippen molar-refractivity contribution in [2.45, 2.75) is 79.4 Å².